The molecule has 2 aliphatic heterocycles. The minimum atomic E-state index is -0.318. The molecule has 2 heterocycles. The highest BCUT2D eigenvalue weighted by molar-refractivity contribution is 5.69. The molecular formula is C15H18O4. The van der Waals surface area contributed by atoms with Crippen LogP contribution in [0.1, 0.15) is 30.9 Å². The van der Waals surface area contributed by atoms with Crippen LogP contribution in [0.25, 0.3) is 0 Å². The number of hydrogen-bond acceptors (Lipinski definition) is 4. The topological polar surface area (TPSA) is 44.8 Å². The molecule has 1 aromatic carbocycles. The Morgan fingerprint density at radius 3 is 3.05 bits per heavy atom. The van der Waals surface area contributed by atoms with Crippen molar-refractivity contribution in [3.05, 3.63) is 23.3 Å². The van der Waals surface area contributed by atoms with E-state index in [9.17, 15) is 4.79 Å². The molecule has 0 N–H and O–H groups in total. The molecule has 2 aliphatic rings. The third-order valence-electron chi connectivity index (χ3n) is 3.76. The van der Waals surface area contributed by atoms with Gasteiger partial charge in [-0.1, -0.05) is 0 Å². The van der Waals surface area contributed by atoms with Gasteiger partial charge in [-0.25, -0.2) is 0 Å². The molecule has 0 aliphatic carbocycles. The summed E-state index contributed by atoms with van der Waals surface area (Å²) in [6.07, 6.45) is 3.08. The molecule has 4 heteroatoms. The van der Waals surface area contributed by atoms with Gasteiger partial charge in [0.2, 0.25) is 6.29 Å². The summed E-state index contributed by atoms with van der Waals surface area (Å²) in [7, 11) is 0. The number of aryl methyl sites for hydroxylation is 1. The highest BCUT2D eigenvalue weighted by Crippen LogP contribution is 2.39. The Labute approximate surface area is 112 Å². The first-order valence-electron chi connectivity index (χ1n) is 6.73. The third kappa shape index (κ3) is 2.45. The zero-order chi connectivity index (χ0) is 13.4. The van der Waals surface area contributed by atoms with Gasteiger partial charge in [-0.3, -0.25) is 4.79 Å². The summed E-state index contributed by atoms with van der Waals surface area (Å²) in [4.78, 5) is 11.0. The van der Waals surface area contributed by atoms with Crippen LogP contribution < -0.4 is 9.47 Å². The number of ether oxygens (including phenoxy) is 3. The fourth-order valence-electron chi connectivity index (χ4n) is 2.88. The van der Waals surface area contributed by atoms with Crippen molar-refractivity contribution in [2.24, 2.45) is 5.92 Å². The van der Waals surface area contributed by atoms with Crippen molar-refractivity contribution in [2.75, 3.05) is 6.61 Å². The predicted octanol–water partition coefficient (Wildman–Crippen LogP) is 2.61. The van der Waals surface area contributed by atoms with Gasteiger partial charge in [0, 0.05) is 18.9 Å². The van der Waals surface area contributed by atoms with Crippen molar-refractivity contribution in [2.45, 2.75) is 39.4 Å². The van der Waals surface area contributed by atoms with E-state index < -0.39 is 0 Å². The van der Waals surface area contributed by atoms with Crippen molar-refractivity contribution < 1.29 is 19.0 Å². The van der Waals surface area contributed by atoms with Crippen molar-refractivity contribution in [1.29, 1.82) is 0 Å². The van der Waals surface area contributed by atoms with Gasteiger partial charge >= 0.3 is 5.97 Å². The molecule has 19 heavy (non-hydrogen) atoms. The molecule has 3 rings (SSSR count). The van der Waals surface area contributed by atoms with Crippen LogP contribution in [-0.4, -0.2) is 18.9 Å². The Bertz CT molecular complexity index is 509. The van der Waals surface area contributed by atoms with E-state index in [0.29, 0.717) is 11.7 Å². The molecule has 102 valence electrons. The molecule has 1 fully saturated rings. The monoisotopic (exact) mass is 262 g/mol. The van der Waals surface area contributed by atoms with Crippen LogP contribution in [0.15, 0.2) is 12.1 Å². The molecule has 1 aromatic rings. The summed E-state index contributed by atoms with van der Waals surface area (Å²) >= 11 is 0. The zero-order valence-electron chi connectivity index (χ0n) is 11.3. The van der Waals surface area contributed by atoms with Crippen molar-refractivity contribution >= 4 is 5.97 Å². The van der Waals surface area contributed by atoms with E-state index in [1.807, 2.05) is 13.0 Å². The van der Waals surface area contributed by atoms with E-state index in [4.69, 9.17) is 14.2 Å². The number of carbonyl (C=O) groups is 1. The van der Waals surface area contributed by atoms with Gasteiger partial charge in [0.15, 0.2) is 0 Å². The van der Waals surface area contributed by atoms with Crippen LogP contribution in [0.5, 0.6) is 11.5 Å². The summed E-state index contributed by atoms with van der Waals surface area (Å²) < 4.78 is 16.7. The summed E-state index contributed by atoms with van der Waals surface area (Å²) in [5.74, 6) is 1.46. The second-order valence-corrected chi connectivity index (χ2v) is 5.27. The fraction of sp³-hybridized carbons (Fsp3) is 0.533. The zero-order valence-corrected chi connectivity index (χ0v) is 11.3. The van der Waals surface area contributed by atoms with Gasteiger partial charge < -0.3 is 14.2 Å². The molecule has 0 unspecified atom stereocenters. The lowest BCUT2D eigenvalue weighted by atomic mass is 9.88. The lowest BCUT2D eigenvalue weighted by molar-refractivity contribution is -0.149. The molecule has 0 spiro atoms. The second kappa shape index (κ2) is 4.85. The molecule has 0 saturated carbocycles. The van der Waals surface area contributed by atoms with Gasteiger partial charge in [-0.15, -0.1) is 0 Å². The van der Waals surface area contributed by atoms with Crippen LogP contribution in [0, 0.1) is 12.8 Å². The van der Waals surface area contributed by atoms with Crippen LogP contribution in [0.4, 0.5) is 0 Å². The highest BCUT2D eigenvalue weighted by atomic mass is 16.7. The maximum absolute atomic E-state index is 11.0. The maximum Gasteiger partial charge on any atom is 0.308 e. The van der Waals surface area contributed by atoms with Crippen molar-refractivity contribution in [3.8, 4) is 11.5 Å². The number of rotatable bonds is 1. The van der Waals surface area contributed by atoms with E-state index in [2.05, 4.69) is 0 Å². The van der Waals surface area contributed by atoms with Gasteiger partial charge in [-0.05, 0) is 43.4 Å². The Balaban J connectivity index is 1.91. The Morgan fingerprint density at radius 1 is 1.42 bits per heavy atom. The smallest absolute Gasteiger partial charge is 0.308 e. The van der Waals surface area contributed by atoms with E-state index in [0.717, 1.165) is 37.2 Å². The van der Waals surface area contributed by atoms with E-state index in [1.165, 1.54) is 12.5 Å². The average Bonchev–Trinajstić information content (AvgIpc) is 2.36. The Kier molecular flexibility index (Phi) is 3.19. The Morgan fingerprint density at radius 2 is 2.26 bits per heavy atom. The van der Waals surface area contributed by atoms with Gasteiger partial charge in [0.05, 0.1) is 6.61 Å². The lowest BCUT2D eigenvalue weighted by Crippen LogP contribution is -2.39. The lowest BCUT2D eigenvalue weighted by Gasteiger charge is -2.37. The van der Waals surface area contributed by atoms with Crippen LogP contribution in [-0.2, 0) is 16.0 Å². The largest absolute Gasteiger partial charge is 0.464 e. The molecule has 0 radical (unpaired) electrons. The normalized spacial score (nSPS) is 24.9. The molecule has 0 bridgehead atoms. The van der Waals surface area contributed by atoms with Crippen molar-refractivity contribution in [1.82, 2.24) is 0 Å². The minimum absolute atomic E-state index is 0.145. The molecule has 4 nitrogen and oxygen atoms in total. The second-order valence-electron chi connectivity index (χ2n) is 5.27. The summed E-state index contributed by atoms with van der Waals surface area (Å²) in [6.45, 7) is 4.19. The van der Waals surface area contributed by atoms with E-state index in [-0.39, 0.29) is 12.3 Å². The number of carbonyl (C=O) groups excluding carboxylic acids is 1. The molecule has 0 aromatic heterocycles. The first kappa shape index (κ1) is 12.5. The number of hydrogen-bond donors (Lipinski definition) is 0. The minimum Gasteiger partial charge on any atom is -0.464 e. The number of fused-ring (bicyclic) bond motifs is 2. The average molecular weight is 262 g/mol. The first-order chi connectivity index (χ1) is 9.13. The quantitative estimate of drug-likeness (QED) is 0.576. The van der Waals surface area contributed by atoms with Crippen molar-refractivity contribution in [3.63, 3.8) is 0 Å². The van der Waals surface area contributed by atoms with Gasteiger partial charge in [-0.2, -0.15) is 0 Å². The molecule has 1 saturated heterocycles. The maximum atomic E-state index is 11.0. The molecule has 2 atom stereocenters. The highest BCUT2D eigenvalue weighted by Gasteiger charge is 2.34. The third-order valence-corrected chi connectivity index (χ3v) is 3.76. The number of benzene rings is 1. The summed E-state index contributed by atoms with van der Waals surface area (Å²) in [6, 6.07) is 3.69. The van der Waals surface area contributed by atoms with E-state index >= 15 is 0 Å². The predicted molar refractivity (Wildman–Crippen MR) is 69.3 cm³/mol. The van der Waals surface area contributed by atoms with E-state index in [1.54, 1.807) is 6.07 Å². The first-order valence-corrected chi connectivity index (χ1v) is 6.73. The molecular weight excluding hydrogens is 244 g/mol. The van der Waals surface area contributed by atoms with Crippen LogP contribution >= 0.6 is 0 Å². The van der Waals surface area contributed by atoms with Crippen LogP contribution in [0.3, 0.4) is 0 Å². The standard InChI is InChI=1S/C15H18O4/c1-9-6-12(18-10(2)16)8-14-13(9)7-11-4-3-5-17-15(11)19-14/h6,8,11,15H,3-5,7H2,1-2H3/t11-,15+/m1/s1. The number of esters is 1. The Hall–Kier alpha value is -1.55. The SMILES string of the molecule is CC(=O)Oc1cc(C)c2c(c1)O[C@@H]1OCCC[C@@H]1C2. The van der Waals surface area contributed by atoms with Crippen LogP contribution in [0.2, 0.25) is 0 Å². The molecule has 0 amide bonds. The van der Waals surface area contributed by atoms with Gasteiger partial charge in [0.1, 0.15) is 11.5 Å². The summed E-state index contributed by atoms with van der Waals surface area (Å²) in [5.41, 5.74) is 2.32. The summed E-state index contributed by atoms with van der Waals surface area (Å²) in [5, 5.41) is 0. The fourth-order valence-corrected chi connectivity index (χ4v) is 2.88. The van der Waals surface area contributed by atoms with Gasteiger partial charge in [0.25, 0.3) is 0 Å².